The van der Waals surface area contributed by atoms with E-state index in [-0.39, 0.29) is 17.0 Å². The van der Waals surface area contributed by atoms with Gasteiger partial charge in [0.2, 0.25) is 0 Å². The zero-order chi connectivity index (χ0) is 18.9. The number of allylic oxidation sites excluding steroid dienone is 2. The van der Waals surface area contributed by atoms with E-state index >= 15 is 0 Å². The fraction of sp³-hybridized carbons (Fsp3) is 0.708. The van der Waals surface area contributed by atoms with Gasteiger partial charge in [0.25, 0.3) is 0 Å². The minimum Gasteiger partial charge on any atom is -0.431 e. The van der Waals surface area contributed by atoms with Crippen molar-refractivity contribution in [3.05, 3.63) is 46.5 Å². The van der Waals surface area contributed by atoms with Gasteiger partial charge in [0.15, 0.2) is 0 Å². The summed E-state index contributed by atoms with van der Waals surface area (Å²) in [5.74, 6) is 2.02. The van der Waals surface area contributed by atoms with Crippen molar-refractivity contribution in [2.45, 2.75) is 76.7 Å². The van der Waals surface area contributed by atoms with Crippen LogP contribution in [-0.4, -0.2) is 10.7 Å². The summed E-state index contributed by atoms with van der Waals surface area (Å²) in [6.45, 7) is 4.81. The van der Waals surface area contributed by atoms with E-state index in [9.17, 15) is 9.90 Å². The number of rotatable bonds is 1. The standard InChI is InChI=1S/C24H32O3/c1-22-12-4-3-5-17(22)7-8-20-19(22)10-13-23(2)18(11-14-24(20,23)26)16-6-9-21(25)27-15-16/h3,5-6,9,15,17-20,26H,4,7-8,10-14H2,1-2H3. The van der Waals surface area contributed by atoms with Crippen LogP contribution >= 0.6 is 0 Å². The van der Waals surface area contributed by atoms with Gasteiger partial charge in [0.1, 0.15) is 0 Å². The highest BCUT2D eigenvalue weighted by atomic mass is 16.4. The van der Waals surface area contributed by atoms with Crippen LogP contribution in [0.1, 0.15) is 76.7 Å². The van der Waals surface area contributed by atoms with E-state index in [2.05, 4.69) is 26.0 Å². The van der Waals surface area contributed by atoms with Crippen molar-refractivity contribution in [1.29, 1.82) is 0 Å². The second kappa shape index (κ2) is 5.83. The maximum absolute atomic E-state index is 12.1. The van der Waals surface area contributed by atoms with Gasteiger partial charge in [0, 0.05) is 11.5 Å². The maximum atomic E-state index is 12.1. The summed E-state index contributed by atoms with van der Waals surface area (Å²) < 4.78 is 5.18. The van der Waals surface area contributed by atoms with Crippen molar-refractivity contribution < 1.29 is 9.52 Å². The van der Waals surface area contributed by atoms with Gasteiger partial charge in [-0.25, -0.2) is 4.79 Å². The summed E-state index contributed by atoms with van der Waals surface area (Å²) in [5, 5.41) is 12.1. The average molecular weight is 369 g/mol. The van der Waals surface area contributed by atoms with Gasteiger partial charge in [-0.1, -0.05) is 26.0 Å². The second-order valence-corrected chi connectivity index (χ2v) is 10.2. The van der Waals surface area contributed by atoms with Gasteiger partial charge in [-0.3, -0.25) is 0 Å². The molecule has 0 bridgehead atoms. The summed E-state index contributed by atoms with van der Waals surface area (Å²) in [7, 11) is 0. The molecule has 0 radical (unpaired) electrons. The van der Waals surface area contributed by atoms with Gasteiger partial charge in [0.05, 0.1) is 11.9 Å². The van der Waals surface area contributed by atoms with E-state index in [1.807, 2.05) is 6.07 Å². The Morgan fingerprint density at radius 3 is 2.67 bits per heavy atom. The van der Waals surface area contributed by atoms with Crippen LogP contribution in [0.2, 0.25) is 0 Å². The Bertz CT molecular complexity index is 805. The molecule has 0 saturated heterocycles. The molecule has 0 spiro atoms. The lowest BCUT2D eigenvalue weighted by Crippen LogP contribution is -2.61. The molecule has 3 heteroatoms. The third-order valence-electron chi connectivity index (χ3n) is 9.47. The summed E-state index contributed by atoms with van der Waals surface area (Å²) in [6, 6.07) is 3.45. The van der Waals surface area contributed by atoms with Crippen molar-refractivity contribution in [2.24, 2.45) is 28.6 Å². The Hall–Kier alpha value is -1.35. The van der Waals surface area contributed by atoms with E-state index in [1.165, 1.54) is 31.7 Å². The van der Waals surface area contributed by atoms with Gasteiger partial charge in [-0.2, -0.15) is 0 Å². The first-order chi connectivity index (χ1) is 12.9. The van der Waals surface area contributed by atoms with Crippen molar-refractivity contribution in [1.82, 2.24) is 0 Å². The number of hydrogen-bond acceptors (Lipinski definition) is 3. The normalized spacial score (nSPS) is 48.6. The molecule has 1 aromatic rings. The summed E-state index contributed by atoms with van der Waals surface area (Å²) in [5.41, 5.74) is 0.435. The molecule has 3 nitrogen and oxygen atoms in total. The van der Waals surface area contributed by atoms with Crippen LogP contribution in [0.15, 0.2) is 39.8 Å². The van der Waals surface area contributed by atoms with Gasteiger partial charge in [-0.05, 0) is 92.1 Å². The SMILES string of the molecule is CC12CCC=CC1CCC1C2CCC2(C)C(c3ccc(=O)oc3)CCC12O. The fourth-order valence-corrected chi connectivity index (χ4v) is 7.90. The number of fused-ring (bicyclic) bond motifs is 5. The topological polar surface area (TPSA) is 50.4 Å². The molecule has 0 amide bonds. The zero-order valence-corrected chi connectivity index (χ0v) is 16.6. The lowest BCUT2D eigenvalue weighted by Gasteiger charge is -2.62. The first kappa shape index (κ1) is 17.7. The van der Waals surface area contributed by atoms with E-state index in [0.717, 1.165) is 31.2 Å². The molecule has 0 aromatic carbocycles. The number of aliphatic hydroxyl groups is 1. The van der Waals surface area contributed by atoms with Crippen LogP contribution < -0.4 is 5.63 Å². The lowest BCUT2D eigenvalue weighted by atomic mass is 9.44. The summed E-state index contributed by atoms with van der Waals surface area (Å²) in [4.78, 5) is 11.4. The Morgan fingerprint density at radius 2 is 1.89 bits per heavy atom. The molecular formula is C24H32O3. The van der Waals surface area contributed by atoms with Gasteiger partial charge >= 0.3 is 5.63 Å². The summed E-state index contributed by atoms with van der Waals surface area (Å²) in [6.07, 6.45) is 15.5. The highest BCUT2D eigenvalue weighted by Crippen LogP contribution is 2.70. The zero-order valence-electron chi connectivity index (χ0n) is 16.6. The molecule has 4 aliphatic rings. The van der Waals surface area contributed by atoms with Crippen LogP contribution in [0.5, 0.6) is 0 Å². The Kier molecular flexibility index (Phi) is 3.82. The number of hydrogen-bond donors (Lipinski definition) is 1. The average Bonchev–Trinajstić information content (AvgIpc) is 2.94. The van der Waals surface area contributed by atoms with Crippen LogP contribution in [-0.2, 0) is 0 Å². The van der Waals surface area contributed by atoms with Crippen molar-refractivity contribution in [3.63, 3.8) is 0 Å². The van der Waals surface area contributed by atoms with Gasteiger partial charge < -0.3 is 9.52 Å². The molecule has 1 N–H and O–H groups in total. The van der Waals surface area contributed by atoms with Crippen molar-refractivity contribution in [2.75, 3.05) is 0 Å². The Labute approximate surface area is 161 Å². The largest absolute Gasteiger partial charge is 0.431 e. The van der Waals surface area contributed by atoms with E-state index in [4.69, 9.17) is 4.42 Å². The predicted molar refractivity (Wildman–Crippen MR) is 105 cm³/mol. The van der Waals surface area contributed by atoms with Crippen LogP contribution in [0.4, 0.5) is 0 Å². The molecule has 1 aromatic heterocycles. The van der Waals surface area contributed by atoms with Crippen LogP contribution in [0.25, 0.3) is 0 Å². The van der Waals surface area contributed by atoms with E-state index < -0.39 is 5.60 Å². The second-order valence-electron chi connectivity index (χ2n) is 10.2. The first-order valence-electron chi connectivity index (χ1n) is 10.9. The summed E-state index contributed by atoms with van der Waals surface area (Å²) >= 11 is 0. The quantitative estimate of drug-likeness (QED) is 0.706. The molecule has 1 heterocycles. The molecular weight excluding hydrogens is 336 g/mol. The van der Waals surface area contributed by atoms with Gasteiger partial charge in [-0.15, -0.1) is 0 Å². The molecule has 7 unspecified atom stereocenters. The monoisotopic (exact) mass is 368 g/mol. The fourth-order valence-electron chi connectivity index (χ4n) is 7.90. The van der Waals surface area contributed by atoms with Crippen LogP contribution in [0.3, 0.4) is 0 Å². The molecule has 5 rings (SSSR count). The molecule has 0 aliphatic heterocycles. The highest BCUT2D eigenvalue weighted by Gasteiger charge is 2.66. The molecule has 27 heavy (non-hydrogen) atoms. The third-order valence-corrected chi connectivity index (χ3v) is 9.47. The van der Waals surface area contributed by atoms with E-state index in [0.29, 0.717) is 23.2 Å². The molecule has 146 valence electrons. The van der Waals surface area contributed by atoms with Crippen molar-refractivity contribution in [3.8, 4) is 0 Å². The lowest BCUT2D eigenvalue weighted by molar-refractivity contribution is -0.193. The molecule has 3 saturated carbocycles. The smallest absolute Gasteiger partial charge is 0.335 e. The maximum Gasteiger partial charge on any atom is 0.335 e. The first-order valence-corrected chi connectivity index (χ1v) is 10.9. The third kappa shape index (κ3) is 2.27. The molecule has 7 atom stereocenters. The predicted octanol–water partition coefficient (Wildman–Crippen LogP) is 5.05. The minimum absolute atomic E-state index is 0.123. The van der Waals surface area contributed by atoms with Crippen LogP contribution in [0, 0.1) is 28.6 Å². The Morgan fingerprint density at radius 1 is 1.04 bits per heavy atom. The minimum atomic E-state index is -0.591. The Balaban J connectivity index is 1.51. The van der Waals surface area contributed by atoms with Crippen molar-refractivity contribution >= 4 is 0 Å². The van der Waals surface area contributed by atoms with E-state index in [1.54, 1.807) is 6.26 Å². The molecule has 4 aliphatic carbocycles. The highest BCUT2D eigenvalue weighted by molar-refractivity contribution is 5.27. The molecule has 3 fully saturated rings.